The lowest BCUT2D eigenvalue weighted by Crippen LogP contribution is -2.27. The van der Waals surface area contributed by atoms with Gasteiger partial charge in [0.15, 0.2) is 5.82 Å². The fourth-order valence-electron chi connectivity index (χ4n) is 2.67. The lowest BCUT2D eigenvalue weighted by Gasteiger charge is -2.08. The Balaban J connectivity index is 1.80. The Labute approximate surface area is 162 Å². The van der Waals surface area contributed by atoms with Crippen LogP contribution in [0.3, 0.4) is 0 Å². The van der Waals surface area contributed by atoms with Crippen LogP contribution in [0, 0.1) is 17.2 Å². The van der Waals surface area contributed by atoms with Gasteiger partial charge in [-0.3, -0.25) is 14.7 Å². The van der Waals surface area contributed by atoms with Crippen molar-refractivity contribution in [2.45, 2.75) is 20.3 Å². The van der Waals surface area contributed by atoms with Crippen molar-refractivity contribution >= 4 is 5.91 Å². The first-order valence-electron chi connectivity index (χ1n) is 9.00. The van der Waals surface area contributed by atoms with Gasteiger partial charge in [0.25, 0.3) is 11.5 Å². The van der Waals surface area contributed by atoms with E-state index in [-0.39, 0.29) is 11.5 Å². The van der Waals surface area contributed by atoms with Gasteiger partial charge in [0.2, 0.25) is 0 Å². The van der Waals surface area contributed by atoms with Crippen molar-refractivity contribution in [2.75, 3.05) is 6.54 Å². The molecule has 7 nitrogen and oxygen atoms in total. The Morgan fingerprint density at radius 3 is 2.61 bits per heavy atom. The standard InChI is InChI=1S/C21H21N5O2/c1-14(2)11-24-20(27)17-7-8-19(23-12-17)26-13-18(21(28)25-26)16-5-3-15(4-6-16)9-10-22/h3-8,12-14H,9,11H2,1-2H3,(H,24,27)(H,25,28). The number of nitrogens with one attached hydrogen (secondary N) is 2. The Morgan fingerprint density at radius 1 is 1.25 bits per heavy atom. The van der Waals surface area contributed by atoms with Crippen molar-refractivity contribution in [1.82, 2.24) is 20.1 Å². The van der Waals surface area contributed by atoms with E-state index < -0.39 is 0 Å². The van der Waals surface area contributed by atoms with Crippen LogP contribution in [0.4, 0.5) is 0 Å². The number of rotatable bonds is 6. The first-order chi connectivity index (χ1) is 13.5. The zero-order valence-corrected chi connectivity index (χ0v) is 15.8. The minimum atomic E-state index is -0.242. The molecule has 0 unspecified atom stereocenters. The predicted octanol–water partition coefficient (Wildman–Crippen LogP) is 2.68. The van der Waals surface area contributed by atoms with Crippen LogP contribution in [0.25, 0.3) is 16.9 Å². The first-order valence-corrected chi connectivity index (χ1v) is 9.00. The number of aromatic amines is 1. The monoisotopic (exact) mass is 375 g/mol. The maximum Gasteiger partial charge on any atom is 0.272 e. The van der Waals surface area contributed by atoms with Crippen molar-refractivity contribution in [3.8, 4) is 23.0 Å². The highest BCUT2D eigenvalue weighted by molar-refractivity contribution is 5.93. The molecule has 3 aromatic rings. The first kappa shape index (κ1) is 19.1. The lowest BCUT2D eigenvalue weighted by molar-refractivity contribution is 0.0948. The van der Waals surface area contributed by atoms with E-state index in [1.807, 2.05) is 38.1 Å². The average molecular weight is 375 g/mol. The van der Waals surface area contributed by atoms with Crippen molar-refractivity contribution in [1.29, 1.82) is 5.26 Å². The second kappa shape index (κ2) is 8.35. The van der Waals surface area contributed by atoms with Crippen LogP contribution in [0.5, 0.6) is 0 Å². The largest absolute Gasteiger partial charge is 0.352 e. The van der Waals surface area contributed by atoms with E-state index in [1.165, 1.54) is 10.9 Å². The zero-order valence-electron chi connectivity index (χ0n) is 15.8. The van der Waals surface area contributed by atoms with Crippen LogP contribution in [0.2, 0.25) is 0 Å². The number of nitrogens with zero attached hydrogens (tertiary/aromatic N) is 3. The van der Waals surface area contributed by atoms with Gasteiger partial charge < -0.3 is 5.32 Å². The smallest absolute Gasteiger partial charge is 0.272 e. The molecule has 2 aromatic heterocycles. The van der Waals surface area contributed by atoms with E-state index >= 15 is 0 Å². The van der Waals surface area contributed by atoms with Gasteiger partial charge in [-0.05, 0) is 29.2 Å². The third kappa shape index (κ3) is 4.35. The minimum Gasteiger partial charge on any atom is -0.352 e. The van der Waals surface area contributed by atoms with E-state index in [1.54, 1.807) is 18.3 Å². The van der Waals surface area contributed by atoms with Crippen LogP contribution < -0.4 is 10.9 Å². The molecule has 28 heavy (non-hydrogen) atoms. The highest BCUT2D eigenvalue weighted by Crippen LogP contribution is 2.17. The molecule has 0 aliphatic carbocycles. The summed E-state index contributed by atoms with van der Waals surface area (Å²) in [5, 5.41) is 14.3. The van der Waals surface area contributed by atoms with Gasteiger partial charge in [0, 0.05) is 18.9 Å². The van der Waals surface area contributed by atoms with Crippen LogP contribution in [-0.2, 0) is 6.42 Å². The fourth-order valence-corrected chi connectivity index (χ4v) is 2.67. The molecule has 0 radical (unpaired) electrons. The molecule has 0 saturated carbocycles. The summed E-state index contributed by atoms with van der Waals surface area (Å²) in [6.07, 6.45) is 3.49. The quantitative estimate of drug-likeness (QED) is 0.691. The molecule has 2 heterocycles. The van der Waals surface area contributed by atoms with Gasteiger partial charge in [0.05, 0.1) is 23.6 Å². The highest BCUT2D eigenvalue weighted by Gasteiger charge is 2.11. The van der Waals surface area contributed by atoms with Gasteiger partial charge in [-0.2, -0.15) is 5.26 Å². The summed E-state index contributed by atoms with van der Waals surface area (Å²) in [4.78, 5) is 28.7. The number of benzene rings is 1. The number of carbonyl (C=O) groups is 1. The number of H-pyrrole nitrogens is 1. The Bertz CT molecular complexity index is 1050. The van der Waals surface area contributed by atoms with E-state index in [0.29, 0.717) is 35.8 Å². The summed E-state index contributed by atoms with van der Waals surface area (Å²) < 4.78 is 1.52. The molecule has 0 aliphatic heterocycles. The number of hydrogen-bond acceptors (Lipinski definition) is 4. The summed E-state index contributed by atoms with van der Waals surface area (Å²) >= 11 is 0. The van der Waals surface area contributed by atoms with Gasteiger partial charge in [-0.25, -0.2) is 9.67 Å². The van der Waals surface area contributed by atoms with Crippen LogP contribution >= 0.6 is 0 Å². The van der Waals surface area contributed by atoms with Crippen LogP contribution in [0.15, 0.2) is 53.6 Å². The molecule has 2 N–H and O–H groups in total. The molecule has 0 saturated heterocycles. The van der Waals surface area contributed by atoms with Crippen molar-refractivity contribution < 1.29 is 4.79 Å². The molecule has 7 heteroatoms. The number of amides is 1. The van der Waals surface area contributed by atoms with Crippen LogP contribution in [-0.4, -0.2) is 27.2 Å². The number of pyridine rings is 1. The van der Waals surface area contributed by atoms with Crippen molar-refractivity contribution in [2.24, 2.45) is 5.92 Å². The number of hydrogen-bond donors (Lipinski definition) is 2. The summed E-state index contributed by atoms with van der Waals surface area (Å²) in [5.74, 6) is 0.699. The van der Waals surface area contributed by atoms with Gasteiger partial charge in [-0.15, -0.1) is 0 Å². The zero-order chi connectivity index (χ0) is 20.1. The van der Waals surface area contributed by atoms with E-state index in [9.17, 15) is 9.59 Å². The van der Waals surface area contributed by atoms with Crippen molar-refractivity contribution in [3.63, 3.8) is 0 Å². The summed E-state index contributed by atoms with van der Waals surface area (Å²) in [7, 11) is 0. The van der Waals surface area contributed by atoms with Gasteiger partial charge >= 0.3 is 0 Å². The molecular weight excluding hydrogens is 354 g/mol. The van der Waals surface area contributed by atoms with E-state index in [2.05, 4.69) is 21.5 Å². The maximum absolute atomic E-state index is 12.3. The third-order valence-electron chi connectivity index (χ3n) is 4.20. The fraction of sp³-hybridized carbons (Fsp3) is 0.238. The summed E-state index contributed by atoms with van der Waals surface area (Å²) in [6, 6.07) is 12.7. The highest BCUT2D eigenvalue weighted by atomic mass is 16.1. The number of aromatic nitrogens is 3. The molecule has 1 amide bonds. The molecule has 142 valence electrons. The number of carbonyl (C=O) groups excluding carboxylic acids is 1. The topological polar surface area (TPSA) is 104 Å². The molecule has 0 bridgehead atoms. The Hall–Kier alpha value is -3.66. The summed E-state index contributed by atoms with van der Waals surface area (Å²) in [6.45, 7) is 4.65. The number of nitriles is 1. The SMILES string of the molecule is CC(C)CNC(=O)c1ccc(-n2cc(-c3ccc(CC#N)cc3)c(=O)[nH]2)nc1. The molecule has 0 atom stereocenters. The molecule has 3 rings (SSSR count). The second-order valence-corrected chi connectivity index (χ2v) is 6.89. The Morgan fingerprint density at radius 2 is 2.00 bits per heavy atom. The molecule has 0 fully saturated rings. The predicted molar refractivity (Wildman–Crippen MR) is 106 cm³/mol. The van der Waals surface area contributed by atoms with E-state index in [4.69, 9.17) is 5.26 Å². The maximum atomic E-state index is 12.3. The second-order valence-electron chi connectivity index (χ2n) is 6.89. The molecule has 1 aromatic carbocycles. The average Bonchev–Trinajstić information content (AvgIpc) is 3.09. The van der Waals surface area contributed by atoms with Gasteiger partial charge in [0.1, 0.15) is 0 Å². The molecular formula is C21H21N5O2. The van der Waals surface area contributed by atoms with Crippen molar-refractivity contribution in [3.05, 3.63) is 70.3 Å². The Kier molecular flexibility index (Phi) is 5.70. The van der Waals surface area contributed by atoms with E-state index in [0.717, 1.165) is 11.1 Å². The molecule has 0 spiro atoms. The lowest BCUT2D eigenvalue weighted by atomic mass is 10.1. The minimum absolute atomic E-state index is 0.174. The third-order valence-corrected chi connectivity index (χ3v) is 4.20. The summed E-state index contributed by atoms with van der Waals surface area (Å²) in [5.41, 5.74) is 2.38. The van der Waals surface area contributed by atoms with Crippen LogP contribution in [0.1, 0.15) is 29.8 Å². The van der Waals surface area contributed by atoms with Gasteiger partial charge in [-0.1, -0.05) is 38.1 Å². The molecule has 0 aliphatic rings. The normalized spacial score (nSPS) is 10.6.